The molecule has 0 heterocycles. The molecule has 312 valence electrons. The maximum Gasteiger partial charge on any atom is 0.303 e. The molecule has 0 aromatic heterocycles. The van der Waals surface area contributed by atoms with Gasteiger partial charge >= 0.3 is 5.97 Å². The number of unbranched alkanes of at least 4 members (excludes halogenated alkanes) is 38. The monoisotopic (exact) mass is 735 g/mol. The molecule has 0 saturated heterocycles. The van der Waals surface area contributed by atoms with E-state index < -0.39 is 5.97 Å². The Bertz CT molecular complexity index is 627. The quantitative estimate of drug-likeness (QED) is 0.0634. The van der Waals surface area contributed by atoms with Gasteiger partial charge in [0.05, 0.1) is 0 Å². The number of aliphatic carboxylic acids is 1. The fourth-order valence-electron chi connectivity index (χ4n) is 7.45. The lowest BCUT2D eigenvalue weighted by molar-refractivity contribution is -0.137. The number of carbonyl (C=O) groups is 2. The van der Waals surface area contributed by atoms with Crippen molar-refractivity contribution in [1.82, 2.24) is 0 Å². The Hall–Kier alpha value is -0.860. The van der Waals surface area contributed by atoms with Crippen LogP contribution in [0.25, 0.3) is 0 Å². The van der Waals surface area contributed by atoms with Crippen molar-refractivity contribution in [2.45, 2.75) is 303 Å². The van der Waals surface area contributed by atoms with Crippen molar-refractivity contribution in [3.8, 4) is 0 Å². The molecule has 0 aliphatic rings. The molecule has 0 saturated carbocycles. The van der Waals surface area contributed by atoms with Crippen LogP contribution in [0.4, 0.5) is 0 Å². The van der Waals surface area contributed by atoms with Gasteiger partial charge in [-0.3, -0.25) is 9.59 Å². The van der Waals surface area contributed by atoms with Crippen LogP contribution in [0.2, 0.25) is 0 Å². The normalized spacial score (nSPS) is 11.1. The number of carbonyl (C=O) groups excluding carboxylic acids is 1. The van der Waals surface area contributed by atoms with Crippen molar-refractivity contribution in [3.05, 3.63) is 0 Å². The van der Waals surface area contributed by atoms with E-state index in [0.717, 1.165) is 38.5 Å². The molecule has 0 unspecified atom stereocenters. The van der Waals surface area contributed by atoms with Crippen molar-refractivity contribution in [3.63, 3.8) is 0 Å². The Morgan fingerprint density at radius 3 is 0.577 bits per heavy atom. The molecular weight excluding hydrogens is 637 g/mol. The molecule has 52 heavy (non-hydrogen) atoms. The van der Waals surface area contributed by atoms with Crippen molar-refractivity contribution in [1.29, 1.82) is 0 Å². The first-order chi connectivity index (χ1) is 25.6. The van der Waals surface area contributed by atoms with E-state index in [1.54, 1.807) is 0 Å². The molecule has 0 atom stereocenters. The van der Waals surface area contributed by atoms with Crippen LogP contribution in [0.5, 0.6) is 0 Å². The van der Waals surface area contributed by atoms with E-state index in [1.165, 1.54) is 238 Å². The van der Waals surface area contributed by atoms with Crippen molar-refractivity contribution in [2.75, 3.05) is 0 Å². The highest BCUT2D eigenvalue weighted by Gasteiger charge is 2.03. The lowest BCUT2D eigenvalue weighted by atomic mass is 10.0. The summed E-state index contributed by atoms with van der Waals surface area (Å²) < 4.78 is 0. The average Bonchev–Trinajstić information content (AvgIpc) is 3.14. The maximum atomic E-state index is 12.0. The first-order valence-corrected chi connectivity index (χ1v) is 24.3. The molecule has 0 radical (unpaired) electrons. The van der Waals surface area contributed by atoms with Crippen LogP contribution in [-0.2, 0) is 9.59 Å². The summed E-state index contributed by atoms with van der Waals surface area (Å²) in [4.78, 5) is 22.4. The highest BCUT2D eigenvalue weighted by molar-refractivity contribution is 5.78. The summed E-state index contributed by atoms with van der Waals surface area (Å²) in [5, 5.41) is 8.52. The van der Waals surface area contributed by atoms with E-state index in [2.05, 4.69) is 20.8 Å². The van der Waals surface area contributed by atoms with E-state index in [1.807, 2.05) is 0 Å². The summed E-state index contributed by atoms with van der Waals surface area (Å²) in [6.45, 7) is 6.85. The van der Waals surface area contributed by atoms with Gasteiger partial charge in [-0.05, 0) is 19.3 Å². The lowest BCUT2D eigenvalue weighted by Crippen LogP contribution is -1.97. The molecule has 0 fully saturated rings. The molecule has 3 nitrogen and oxygen atoms in total. The van der Waals surface area contributed by atoms with Gasteiger partial charge in [0.2, 0.25) is 0 Å². The smallest absolute Gasteiger partial charge is 0.303 e. The summed E-state index contributed by atoms with van der Waals surface area (Å²) in [5.74, 6) is -0.129. The SMILES string of the molecule is CCCCCCCCCCCCCCCC(=O)CCCCCCCCCCCCCCC.CCCCCCCCCCCCCCCCCC(=O)O. The lowest BCUT2D eigenvalue weighted by Gasteiger charge is -2.04. The molecule has 0 spiro atoms. The van der Waals surface area contributed by atoms with E-state index in [0.29, 0.717) is 12.2 Å². The second-order valence-electron chi connectivity index (χ2n) is 16.6. The Kier molecular flexibility index (Phi) is 51.3. The minimum absolute atomic E-state index is 0.345. The van der Waals surface area contributed by atoms with Crippen molar-refractivity contribution >= 4 is 11.8 Å². The third-order valence-electron chi connectivity index (χ3n) is 11.1. The van der Waals surface area contributed by atoms with E-state index in [-0.39, 0.29) is 0 Å². The van der Waals surface area contributed by atoms with Crippen LogP contribution in [0.3, 0.4) is 0 Å². The van der Waals surface area contributed by atoms with Gasteiger partial charge in [-0.1, -0.05) is 265 Å². The molecule has 0 aromatic rings. The molecule has 0 aliphatic carbocycles. The Labute approximate surface area is 328 Å². The average molecular weight is 735 g/mol. The van der Waals surface area contributed by atoms with E-state index in [4.69, 9.17) is 5.11 Å². The Morgan fingerprint density at radius 1 is 0.250 bits per heavy atom. The summed E-state index contributed by atoms with van der Waals surface area (Å²) >= 11 is 0. The van der Waals surface area contributed by atoms with Crippen LogP contribution in [0.1, 0.15) is 303 Å². The third kappa shape index (κ3) is 53.5. The summed E-state index contributed by atoms with van der Waals surface area (Å²) in [6, 6.07) is 0. The van der Waals surface area contributed by atoms with Gasteiger partial charge in [0, 0.05) is 19.3 Å². The van der Waals surface area contributed by atoms with Gasteiger partial charge in [-0.2, -0.15) is 0 Å². The number of hydrogen-bond acceptors (Lipinski definition) is 2. The first-order valence-electron chi connectivity index (χ1n) is 24.3. The first kappa shape index (κ1) is 53.2. The molecule has 0 aromatic carbocycles. The van der Waals surface area contributed by atoms with Crippen molar-refractivity contribution < 1.29 is 14.7 Å². The zero-order valence-corrected chi connectivity index (χ0v) is 36.4. The van der Waals surface area contributed by atoms with Crippen LogP contribution >= 0.6 is 0 Å². The standard InChI is InChI=1S/C31H62O.C18H36O2/c1-3-5-7-9-11-13-15-17-19-21-23-25-27-29-31(32)30-28-26-24-22-20-18-16-14-12-10-8-6-4-2;1-2-3-4-5-6-7-8-9-10-11-12-13-14-15-16-17-18(19)20/h3-30H2,1-2H3;2-17H2,1H3,(H,19,20). The van der Waals surface area contributed by atoms with Gasteiger partial charge in [0.1, 0.15) is 5.78 Å². The Balaban J connectivity index is 0. The summed E-state index contributed by atoms with van der Waals surface area (Å²) in [7, 11) is 0. The minimum atomic E-state index is -0.653. The predicted octanol–water partition coefficient (Wildman–Crippen LogP) is 17.9. The number of ketones is 1. The second-order valence-corrected chi connectivity index (χ2v) is 16.6. The topological polar surface area (TPSA) is 54.4 Å². The van der Waals surface area contributed by atoms with Crippen LogP contribution < -0.4 is 0 Å². The highest BCUT2D eigenvalue weighted by Crippen LogP contribution is 2.16. The Morgan fingerprint density at radius 2 is 0.404 bits per heavy atom. The van der Waals surface area contributed by atoms with Gasteiger partial charge in [0.25, 0.3) is 0 Å². The summed E-state index contributed by atoms with van der Waals surface area (Å²) in [6.07, 6.45) is 57.7. The fourth-order valence-corrected chi connectivity index (χ4v) is 7.45. The van der Waals surface area contributed by atoms with Gasteiger partial charge in [0.15, 0.2) is 0 Å². The fraction of sp³-hybridized carbons (Fsp3) is 0.959. The number of carboxylic acid groups (broad SMARTS) is 1. The molecule has 0 aliphatic heterocycles. The molecule has 3 heteroatoms. The maximum absolute atomic E-state index is 12.0. The van der Waals surface area contributed by atoms with Gasteiger partial charge in [-0.25, -0.2) is 0 Å². The zero-order valence-electron chi connectivity index (χ0n) is 36.4. The third-order valence-corrected chi connectivity index (χ3v) is 11.1. The number of carboxylic acids is 1. The highest BCUT2D eigenvalue weighted by atomic mass is 16.4. The molecular formula is C49H98O3. The van der Waals surface area contributed by atoms with Gasteiger partial charge < -0.3 is 5.11 Å². The van der Waals surface area contributed by atoms with Crippen LogP contribution in [0, 0.1) is 0 Å². The van der Waals surface area contributed by atoms with E-state index in [9.17, 15) is 9.59 Å². The zero-order chi connectivity index (χ0) is 38.3. The van der Waals surface area contributed by atoms with Crippen LogP contribution in [0.15, 0.2) is 0 Å². The largest absolute Gasteiger partial charge is 0.481 e. The predicted molar refractivity (Wildman–Crippen MR) is 233 cm³/mol. The molecule has 0 bridgehead atoms. The molecule has 1 N–H and O–H groups in total. The number of Topliss-reactive ketones (excluding diaryl/α,β-unsaturated/α-hetero) is 1. The van der Waals surface area contributed by atoms with Crippen molar-refractivity contribution in [2.24, 2.45) is 0 Å². The van der Waals surface area contributed by atoms with Crippen LogP contribution in [-0.4, -0.2) is 16.9 Å². The number of hydrogen-bond donors (Lipinski definition) is 1. The molecule has 0 amide bonds. The molecule has 0 rings (SSSR count). The van der Waals surface area contributed by atoms with E-state index >= 15 is 0 Å². The van der Waals surface area contributed by atoms with Gasteiger partial charge in [-0.15, -0.1) is 0 Å². The number of rotatable bonds is 44. The second kappa shape index (κ2) is 50.1. The summed E-state index contributed by atoms with van der Waals surface area (Å²) in [5.41, 5.74) is 0. The minimum Gasteiger partial charge on any atom is -0.481 e.